The Bertz CT molecular complexity index is 347. The standard InChI is InChI=1S/C11H15N3/c1-9(12)4-3-5-10-6-11(13-2)8-14-7-10/h6-9,13H,4,12H2,1-2H3/t9-/m0/s1. The number of hydrogen-bond donors (Lipinski definition) is 2. The highest BCUT2D eigenvalue weighted by molar-refractivity contribution is 5.47. The van der Waals surface area contributed by atoms with E-state index in [4.69, 9.17) is 5.73 Å². The minimum Gasteiger partial charge on any atom is -0.387 e. The zero-order valence-electron chi connectivity index (χ0n) is 8.54. The third-order valence-corrected chi connectivity index (χ3v) is 1.68. The van der Waals surface area contributed by atoms with Crippen molar-refractivity contribution >= 4 is 5.69 Å². The molecule has 0 bridgehead atoms. The fraction of sp³-hybridized carbons (Fsp3) is 0.364. The molecule has 0 radical (unpaired) electrons. The predicted molar refractivity (Wildman–Crippen MR) is 58.9 cm³/mol. The Hall–Kier alpha value is -1.53. The molecule has 0 aliphatic carbocycles. The maximum absolute atomic E-state index is 5.58. The van der Waals surface area contributed by atoms with E-state index < -0.39 is 0 Å². The summed E-state index contributed by atoms with van der Waals surface area (Å²) in [5.74, 6) is 6.03. The lowest BCUT2D eigenvalue weighted by molar-refractivity contribution is 0.771. The van der Waals surface area contributed by atoms with E-state index in [0.717, 1.165) is 11.3 Å². The molecule has 0 spiro atoms. The van der Waals surface area contributed by atoms with Crippen LogP contribution >= 0.6 is 0 Å². The third-order valence-electron chi connectivity index (χ3n) is 1.68. The van der Waals surface area contributed by atoms with Gasteiger partial charge in [0.2, 0.25) is 0 Å². The van der Waals surface area contributed by atoms with Crippen molar-refractivity contribution in [3.05, 3.63) is 24.0 Å². The van der Waals surface area contributed by atoms with Gasteiger partial charge in [0.25, 0.3) is 0 Å². The highest BCUT2D eigenvalue weighted by Gasteiger charge is 1.91. The van der Waals surface area contributed by atoms with Crippen LogP contribution in [0, 0.1) is 11.8 Å². The number of nitrogens with one attached hydrogen (secondary N) is 1. The lowest BCUT2D eigenvalue weighted by Crippen LogP contribution is -2.12. The van der Waals surface area contributed by atoms with Crippen molar-refractivity contribution in [2.45, 2.75) is 19.4 Å². The van der Waals surface area contributed by atoms with Crippen molar-refractivity contribution in [3.63, 3.8) is 0 Å². The fourth-order valence-corrected chi connectivity index (χ4v) is 0.959. The van der Waals surface area contributed by atoms with Crippen molar-refractivity contribution in [2.75, 3.05) is 12.4 Å². The summed E-state index contributed by atoms with van der Waals surface area (Å²) in [6, 6.07) is 2.09. The van der Waals surface area contributed by atoms with Crippen LogP contribution in [0.15, 0.2) is 18.5 Å². The molecular formula is C11H15N3. The molecule has 1 atom stereocenters. The number of anilines is 1. The van der Waals surface area contributed by atoms with E-state index in [1.807, 2.05) is 20.0 Å². The average Bonchev–Trinajstić information content (AvgIpc) is 2.18. The minimum absolute atomic E-state index is 0.128. The Labute approximate surface area is 84.7 Å². The van der Waals surface area contributed by atoms with Crippen LogP contribution in [0.2, 0.25) is 0 Å². The van der Waals surface area contributed by atoms with E-state index in [2.05, 4.69) is 22.1 Å². The van der Waals surface area contributed by atoms with Crippen LogP contribution in [-0.4, -0.2) is 18.1 Å². The highest BCUT2D eigenvalue weighted by Crippen LogP contribution is 2.05. The Balaban J connectivity index is 2.69. The third kappa shape index (κ3) is 3.46. The highest BCUT2D eigenvalue weighted by atomic mass is 14.8. The van der Waals surface area contributed by atoms with Gasteiger partial charge in [0, 0.05) is 31.3 Å². The summed E-state index contributed by atoms with van der Waals surface area (Å²) in [7, 11) is 1.86. The summed E-state index contributed by atoms with van der Waals surface area (Å²) in [5, 5.41) is 3.01. The Morgan fingerprint density at radius 1 is 1.57 bits per heavy atom. The van der Waals surface area contributed by atoms with Crippen LogP contribution in [-0.2, 0) is 0 Å². The van der Waals surface area contributed by atoms with Crippen LogP contribution in [0.1, 0.15) is 18.9 Å². The van der Waals surface area contributed by atoms with Crippen LogP contribution in [0.4, 0.5) is 5.69 Å². The zero-order valence-corrected chi connectivity index (χ0v) is 8.54. The van der Waals surface area contributed by atoms with E-state index in [-0.39, 0.29) is 6.04 Å². The smallest absolute Gasteiger partial charge is 0.0536 e. The fourth-order valence-electron chi connectivity index (χ4n) is 0.959. The van der Waals surface area contributed by atoms with Gasteiger partial charge in [-0.2, -0.15) is 0 Å². The van der Waals surface area contributed by atoms with E-state index >= 15 is 0 Å². The molecule has 0 saturated carbocycles. The van der Waals surface area contributed by atoms with E-state index in [0.29, 0.717) is 6.42 Å². The van der Waals surface area contributed by atoms with Crippen molar-refractivity contribution in [1.29, 1.82) is 0 Å². The molecule has 1 aromatic rings. The van der Waals surface area contributed by atoms with Gasteiger partial charge >= 0.3 is 0 Å². The van der Waals surface area contributed by atoms with E-state index in [1.165, 1.54) is 0 Å². The summed E-state index contributed by atoms with van der Waals surface area (Å²) >= 11 is 0. The Morgan fingerprint density at radius 2 is 2.36 bits per heavy atom. The first kappa shape index (κ1) is 10.6. The van der Waals surface area contributed by atoms with Gasteiger partial charge in [0.15, 0.2) is 0 Å². The molecule has 3 heteroatoms. The van der Waals surface area contributed by atoms with Crippen molar-refractivity contribution in [2.24, 2.45) is 5.73 Å². The summed E-state index contributed by atoms with van der Waals surface area (Å²) < 4.78 is 0. The molecule has 0 amide bonds. The summed E-state index contributed by atoms with van der Waals surface area (Å²) in [6.07, 6.45) is 4.22. The average molecular weight is 189 g/mol. The first-order chi connectivity index (χ1) is 6.72. The second kappa shape index (κ2) is 5.25. The number of hydrogen-bond acceptors (Lipinski definition) is 3. The molecule has 0 unspecified atom stereocenters. The van der Waals surface area contributed by atoms with Crippen LogP contribution in [0.25, 0.3) is 0 Å². The molecule has 74 valence electrons. The summed E-state index contributed by atoms with van der Waals surface area (Å²) in [4.78, 5) is 4.06. The molecule has 3 nitrogen and oxygen atoms in total. The minimum atomic E-state index is 0.128. The molecule has 0 fully saturated rings. The molecule has 3 N–H and O–H groups in total. The molecule has 0 aliphatic heterocycles. The summed E-state index contributed by atoms with van der Waals surface area (Å²) in [6.45, 7) is 1.94. The maximum Gasteiger partial charge on any atom is 0.0536 e. The molecule has 14 heavy (non-hydrogen) atoms. The van der Waals surface area contributed by atoms with Crippen molar-refractivity contribution in [3.8, 4) is 11.8 Å². The number of nitrogens with zero attached hydrogens (tertiary/aromatic N) is 1. The second-order valence-electron chi connectivity index (χ2n) is 3.20. The zero-order chi connectivity index (χ0) is 10.4. The van der Waals surface area contributed by atoms with Gasteiger partial charge in [-0.05, 0) is 13.0 Å². The Morgan fingerprint density at radius 3 is 3.00 bits per heavy atom. The van der Waals surface area contributed by atoms with Gasteiger partial charge < -0.3 is 11.1 Å². The van der Waals surface area contributed by atoms with Gasteiger partial charge in [0.05, 0.1) is 11.9 Å². The number of rotatable bonds is 2. The van der Waals surface area contributed by atoms with Crippen LogP contribution in [0.3, 0.4) is 0 Å². The molecule has 1 rings (SSSR count). The lowest BCUT2D eigenvalue weighted by Gasteiger charge is -1.98. The van der Waals surface area contributed by atoms with Crippen molar-refractivity contribution in [1.82, 2.24) is 4.98 Å². The first-order valence-electron chi connectivity index (χ1n) is 4.59. The second-order valence-corrected chi connectivity index (χ2v) is 3.20. The monoisotopic (exact) mass is 189 g/mol. The Kier molecular flexibility index (Phi) is 3.96. The van der Waals surface area contributed by atoms with Gasteiger partial charge in [-0.3, -0.25) is 4.98 Å². The molecule has 0 aromatic carbocycles. The number of aromatic nitrogens is 1. The molecule has 0 saturated heterocycles. The topological polar surface area (TPSA) is 50.9 Å². The molecule has 0 aliphatic rings. The lowest BCUT2D eigenvalue weighted by atomic mass is 10.2. The van der Waals surface area contributed by atoms with E-state index in [1.54, 1.807) is 12.4 Å². The SMILES string of the molecule is CNc1cncc(C#CC[C@H](C)N)c1. The van der Waals surface area contributed by atoms with Gasteiger partial charge in [0.1, 0.15) is 0 Å². The largest absolute Gasteiger partial charge is 0.387 e. The van der Waals surface area contributed by atoms with Gasteiger partial charge in [-0.15, -0.1) is 0 Å². The quantitative estimate of drug-likeness (QED) is 0.688. The molecule has 1 aromatic heterocycles. The number of pyridine rings is 1. The predicted octanol–water partition coefficient (Wildman–Crippen LogP) is 1.21. The van der Waals surface area contributed by atoms with E-state index in [9.17, 15) is 0 Å². The summed E-state index contributed by atoms with van der Waals surface area (Å²) in [5.41, 5.74) is 7.47. The molecule has 1 heterocycles. The maximum atomic E-state index is 5.58. The molecular weight excluding hydrogens is 174 g/mol. The van der Waals surface area contributed by atoms with Crippen molar-refractivity contribution < 1.29 is 0 Å². The number of nitrogens with two attached hydrogens (primary N) is 1. The van der Waals surface area contributed by atoms with Gasteiger partial charge in [-0.25, -0.2) is 0 Å². The van der Waals surface area contributed by atoms with Crippen LogP contribution < -0.4 is 11.1 Å². The van der Waals surface area contributed by atoms with Gasteiger partial charge in [-0.1, -0.05) is 11.8 Å². The normalized spacial score (nSPS) is 11.4. The van der Waals surface area contributed by atoms with Crippen LogP contribution in [0.5, 0.6) is 0 Å². The first-order valence-corrected chi connectivity index (χ1v) is 4.59.